The van der Waals surface area contributed by atoms with Crippen LogP contribution < -0.4 is 10.2 Å². The van der Waals surface area contributed by atoms with Crippen LogP contribution in [0.15, 0.2) is 29.4 Å². The molecule has 1 aliphatic heterocycles. The minimum Gasteiger partial charge on any atom is -0.497 e. The van der Waals surface area contributed by atoms with E-state index < -0.39 is 0 Å². The maximum Gasteiger partial charge on any atom is 0.118 e. The Balaban J connectivity index is 1.69. The van der Waals surface area contributed by atoms with E-state index in [1.807, 2.05) is 12.1 Å². The van der Waals surface area contributed by atoms with Crippen LogP contribution in [0.4, 0.5) is 0 Å². The molecule has 1 aromatic rings. The number of hydrazone groups is 1. The van der Waals surface area contributed by atoms with Gasteiger partial charge in [0, 0.05) is 12.1 Å². The highest BCUT2D eigenvalue weighted by Crippen LogP contribution is 2.36. The first-order valence-electron chi connectivity index (χ1n) is 5.83. The number of rotatable bonds is 3. The monoisotopic (exact) mass is 216 g/mol. The number of ether oxygens (including phenoxy) is 1. The van der Waals surface area contributed by atoms with Crippen molar-refractivity contribution in [1.82, 2.24) is 5.43 Å². The van der Waals surface area contributed by atoms with Gasteiger partial charge in [0.15, 0.2) is 0 Å². The summed E-state index contributed by atoms with van der Waals surface area (Å²) in [5.41, 5.74) is 5.88. The smallest absolute Gasteiger partial charge is 0.118 e. The summed E-state index contributed by atoms with van der Waals surface area (Å²) in [4.78, 5) is 0. The molecule has 0 saturated heterocycles. The molecule has 0 bridgehead atoms. The van der Waals surface area contributed by atoms with E-state index in [2.05, 4.69) is 22.7 Å². The van der Waals surface area contributed by atoms with Gasteiger partial charge >= 0.3 is 0 Å². The van der Waals surface area contributed by atoms with Crippen molar-refractivity contribution in [1.29, 1.82) is 0 Å². The van der Waals surface area contributed by atoms with Crippen molar-refractivity contribution in [3.8, 4) is 5.75 Å². The molecule has 1 N–H and O–H groups in total. The van der Waals surface area contributed by atoms with E-state index in [1.54, 1.807) is 7.11 Å². The summed E-state index contributed by atoms with van der Waals surface area (Å²) in [6.45, 7) is 0. The zero-order valence-electron chi connectivity index (χ0n) is 9.44. The Kier molecular flexibility index (Phi) is 2.31. The first kappa shape index (κ1) is 9.70. The minimum absolute atomic E-state index is 0.363. The highest BCUT2D eigenvalue weighted by atomic mass is 16.5. The number of nitrogens with zero attached hydrogens (tertiary/aromatic N) is 1. The molecule has 1 unspecified atom stereocenters. The number of hydrogen-bond acceptors (Lipinski definition) is 3. The van der Waals surface area contributed by atoms with Gasteiger partial charge in [-0.3, -0.25) is 0 Å². The Morgan fingerprint density at radius 3 is 2.62 bits per heavy atom. The lowest BCUT2D eigenvalue weighted by atomic mass is 10.0. The summed E-state index contributed by atoms with van der Waals surface area (Å²) in [5.74, 6) is 1.68. The fourth-order valence-electron chi connectivity index (χ4n) is 2.16. The van der Waals surface area contributed by atoms with Crippen LogP contribution in [0.5, 0.6) is 5.75 Å². The van der Waals surface area contributed by atoms with Crippen molar-refractivity contribution in [2.45, 2.75) is 25.3 Å². The van der Waals surface area contributed by atoms with Gasteiger partial charge in [-0.05, 0) is 36.5 Å². The second kappa shape index (κ2) is 3.81. The van der Waals surface area contributed by atoms with Crippen molar-refractivity contribution < 1.29 is 4.74 Å². The topological polar surface area (TPSA) is 33.6 Å². The molecule has 3 heteroatoms. The summed E-state index contributed by atoms with van der Waals surface area (Å²) >= 11 is 0. The second-order valence-electron chi connectivity index (χ2n) is 4.54. The van der Waals surface area contributed by atoms with Crippen LogP contribution in [0.2, 0.25) is 0 Å². The summed E-state index contributed by atoms with van der Waals surface area (Å²) < 4.78 is 5.15. The molecule has 0 amide bonds. The molecule has 1 saturated carbocycles. The third kappa shape index (κ3) is 1.77. The van der Waals surface area contributed by atoms with E-state index in [-0.39, 0.29) is 0 Å². The number of benzene rings is 1. The Morgan fingerprint density at radius 1 is 1.25 bits per heavy atom. The molecule has 1 fully saturated rings. The van der Waals surface area contributed by atoms with E-state index >= 15 is 0 Å². The molecule has 0 aromatic heterocycles. The molecule has 3 rings (SSSR count). The largest absolute Gasteiger partial charge is 0.497 e. The lowest BCUT2D eigenvalue weighted by Crippen LogP contribution is -2.09. The number of hydrogen-bond donors (Lipinski definition) is 1. The van der Waals surface area contributed by atoms with Gasteiger partial charge in [0.25, 0.3) is 0 Å². The zero-order chi connectivity index (χ0) is 11.0. The van der Waals surface area contributed by atoms with Crippen LogP contribution in [0.3, 0.4) is 0 Å². The van der Waals surface area contributed by atoms with E-state index in [9.17, 15) is 0 Å². The molecule has 2 aliphatic rings. The SMILES string of the molecule is COc1ccc(C2CC(C3CC3)=NN2)cc1. The maximum atomic E-state index is 5.15. The van der Waals surface area contributed by atoms with E-state index in [0.29, 0.717) is 6.04 Å². The molecule has 0 radical (unpaired) electrons. The molecule has 1 atom stereocenters. The van der Waals surface area contributed by atoms with Crippen molar-refractivity contribution in [3.05, 3.63) is 29.8 Å². The summed E-state index contributed by atoms with van der Waals surface area (Å²) in [7, 11) is 1.69. The molecular weight excluding hydrogens is 200 g/mol. The van der Waals surface area contributed by atoms with E-state index in [0.717, 1.165) is 18.1 Å². The fourth-order valence-corrected chi connectivity index (χ4v) is 2.16. The second-order valence-corrected chi connectivity index (χ2v) is 4.54. The van der Waals surface area contributed by atoms with E-state index in [4.69, 9.17) is 4.74 Å². The third-order valence-electron chi connectivity index (χ3n) is 3.34. The average Bonchev–Trinajstić information content (AvgIpc) is 3.08. The lowest BCUT2D eigenvalue weighted by Gasteiger charge is -2.10. The zero-order valence-corrected chi connectivity index (χ0v) is 9.44. The van der Waals surface area contributed by atoms with Crippen LogP contribution in [0.25, 0.3) is 0 Å². The number of methoxy groups -OCH3 is 1. The Bertz CT molecular complexity index is 406. The molecular formula is C13H16N2O. The Morgan fingerprint density at radius 2 is 2.00 bits per heavy atom. The standard InChI is InChI=1S/C13H16N2O/c1-16-11-6-4-10(5-7-11)13-8-12(14-15-13)9-2-3-9/h4-7,9,13,15H,2-3,8H2,1H3. The van der Waals surface area contributed by atoms with Crippen molar-refractivity contribution >= 4 is 5.71 Å². The van der Waals surface area contributed by atoms with Gasteiger partial charge in [-0.15, -0.1) is 0 Å². The first-order valence-corrected chi connectivity index (χ1v) is 5.83. The first-order chi connectivity index (χ1) is 7.86. The minimum atomic E-state index is 0.363. The van der Waals surface area contributed by atoms with Crippen LogP contribution >= 0.6 is 0 Å². The molecule has 1 aromatic carbocycles. The molecule has 16 heavy (non-hydrogen) atoms. The third-order valence-corrected chi connectivity index (χ3v) is 3.34. The summed E-state index contributed by atoms with van der Waals surface area (Å²) in [6, 6.07) is 8.60. The van der Waals surface area contributed by atoms with Crippen LogP contribution in [-0.4, -0.2) is 12.8 Å². The van der Waals surface area contributed by atoms with Gasteiger partial charge in [-0.2, -0.15) is 5.10 Å². The summed E-state index contributed by atoms with van der Waals surface area (Å²) in [5, 5.41) is 4.43. The quantitative estimate of drug-likeness (QED) is 0.842. The lowest BCUT2D eigenvalue weighted by molar-refractivity contribution is 0.414. The van der Waals surface area contributed by atoms with Gasteiger partial charge in [0.1, 0.15) is 5.75 Å². The van der Waals surface area contributed by atoms with Crippen molar-refractivity contribution in [2.24, 2.45) is 11.0 Å². The van der Waals surface area contributed by atoms with E-state index in [1.165, 1.54) is 24.1 Å². The predicted octanol–water partition coefficient (Wildman–Crippen LogP) is 2.50. The Labute approximate surface area is 95.5 Å². The van der Waals surface area contributed by atoms with Crippen molar-refractivity contribution in [3.63, 3.8) is 0 Å². The predicted molar refractivity (Wildman–Crippen MR) is 63.6 cm³/mol. The van der Waals surface area contributed by atoms with Gasteiger partial charge in [0.2, 0.25) is 0 Å². The molecule has 0 spiro atoms. The molecule has 3 nitrogen and oxygen atoms in total. The van der Waals surface area contributed by atoms with Gasteiger partial charge < -0.3 is 10.2 Å². The van der Waals surface area contributed by atoms with Gasteiger partial charge in [-0.25, -0.2) is 0 Å². The van der Waals surface area contributed by atoms with Gasteiger partial charge in [0.05, 0.1) is 13.2 Å². The van der Waals surface area contributed by atoms with Crippen LogP contribution in [-0.2, 0) is 0 Å². The number of nitrogens with one attached hydrogen (secondary N) is 1. The fraction of sp³-hybridized carbons (Fsp3) is 0.462. The maximum absolute atomic E-state index is 5.15. The van der Waals surface area contributed by atoms with Crippen molar-refractivity contribution in [2.75, 3.05) is 7.11 Å². The molecule has 84 valence electrons. The van der Waals surface area contributed by atoms with Gasteiger partial charge in [-0.1, -0.05) is 12.1 Å². The Hall–Kier alpha value is -1.51. The van der Waals surface area contributed by atoms with Crippen LogP contribution in [0.1, 0.15) is 30.9 Å². The highest BCUT2D eigenvalue weighted by Gasteiger charge is 2.32. The average molecular weight is 216 g/mol. The normalized spacial score (nSPS) is 23.8. The van der Waals surface area contributed by atoms with Crippen LogP contribution in [0, 0.1) is 5.92 Å². The highest BCUT2D eigenvalue weighted by molar-refractivity contribution is 5.90. The molecule has 1 aliphatic carbocycles. The molecule has 1 heterocycles. The summed E-state index contributed by atoms with van der Waals surface area (Å²) in [6.07, 6.45) is 3.72.